The number of nitrogens with zero attached hydrogens (tertiary/aromatic N) is 5. The van der Waals surface area contributed by atoms with Crippen molar-refractivity contribution in [2.24, 2.45) is 0 Å². The third kappa shape index (κ3) is 8.00. The van der Waals surface area contributed by atoms with Gasteiger partial charge in [0.1, 0.15) is 30.4 Å². The molecule has 2 aliphatic heterocycles. The third-order valence-corrected chi connectivity index (χ3v) is 8.94. The molecule has 1 atom stereocenters. The van der Waals surface area contributed by atoms with Crippen LogP contribution in [0.3, 0.4) is 0 Å². The Kier molecular flexibility index (Phi) is 10.0. The second-order valence-electron chi connectivity index (χ2n) is 13.5. The lowest BCUT2D eigenvalue weighted by Crippen LogP contribution is -2.49. The SMILES string of the molecule is C=CC(=O)N1CCN(c2nc(OCc3cccc(OCCNC(=O)OC(C)(C)C)c3)nc3c2CCC(N2CCc4ccccc42)C3)CC1. The average molecular weight is 655 g/mol. The number of para-hydroxylation sites is 1. The topological polar surface area (TPSA) is 109 Å². The quantitative estimate of drug-likeness (QED) is 0.246. The largest absolute Gasteiger partial charge is 0.492 e. The van der Waals surface area contributed by atoms with Crippen molar-refractivity contribution in [2.45, 2.75) is 64.7 Å². The summed E-state index contributed by atoms with van der Waals surface area (Å²) in [5, 5.41) is 2.71. The van der Waals surface area contributed by atoms with Crippen molar-refractivity contribution < 1.29 is 23.8 Å². The molecule has 254 valence electrons. The zero-order chi connectivity index (χ0) is 33.7. The van der Waals surface area contributed by atoms with Crippen molar-refractivity contribution in [1.82, 2.24) is 20.2 Å². The van der Waals surface area contributed by atoms with Gasteiger partial charge in [0.05, 0.1) is 12.2 Å². The van der Waals surface area contributed by atoms with Crippen LogP contribution in [0.2, 0.25) is 0 Å². The highest BCUT2D eigenvalue weighted by Crippen LogP contribution is 2.37. The van der Waals surface area contributed by atoms with E-state index in [-0.39, 0.29) is 12.5 Å². The fraction of sp³-hybridized carbons (Fsp3) is 0.459. The minimum Gasteiger partial charge on any atom is -0.492 e. The first kappa shape index (κ1) is 33.1. The molecule has 0 bridgehead atoms. The van der Waals surface area contributed by atoms with E-state index in [9.17, 15) is 9.59 Å². The minimum absolute atomic E-state index is 0.0392. The van der Waals surface area contributed by atoms with Crippen LogP contribution in [-0.2, 0) is 35.4 Å². The lowest BCUT2D eigenvalue weighted by molar-refractivity contribution is -0.126. The Balaban J connectivity index is 1.15. The zero-order valence-electron chi connectivity index (χ0n) is 28.2. The number of hydrogen-bond donors (Lipinski definition) is 1. The van der Waals surface area contributed by atoms with Crippen molar-refractivity contribution in [3.63, 3.8) is 0 Å². The van der Waals surface area contributed by atoms with Gasteiger partial charge in [-0.2, -0.15) is 9.97 Å². The van der Waals surface area contributed by atoms with Gasteiger partial charge in [-0.05, 0) is 75.4 Å². The Morgan fingerprint density at radius 1 is 1.00 bits per heavy atom. The van der Waals surface area contributed by atoms with E-state index in [1.165, 1.54) is 22.9 Å². The number of amides is 2. The number of benzene rings is 2. The van der Waals surface area contributed by atoms with E-state index in [0.29, 0.717) is 57.1 Å². The van der Waals surface area contributed by atoms with Gasteiger partial charge in [0.25, 0.3) is 0 Å². The number of hydrogen-bond acceptors (Lipinski definition) is 9. The van der Waals surface area contributed by atoms with Gasteiger partial charge in [0.15, 0.2) is 0 Å². The highest BCUT2D eigenvalue weighted by atomic mass is 16.6. The van der Waals surface area contributed by atoms with Crippen LogP contribution in [0.15, 0.2) is 61.2 Å². The summed E-state index contributed by atoms with van der Waals surface area (Å²) in [5.74, 6) is 1.55. The molecular weight excluding hydrogens is 608 g/mol. The molecular formula is C37H46N6O5. The molecule has 0 radical (unpaired) electrons. The Bertz CT molecular complexity index is 1630. The van der Waals surface area contributed by atoms with Crippen molar-refractivity contribution in [2.75, 3.05) is 55.7 Å². The zero-order valence-corrected chi connectivity index (χ0v) is 28.2. The number of anilines is 2. The first-order valence-corrected chi connectivity index (χ1v) is 16.9. The van der Waals surface area contributed by atoms with Gasteiger partial charge in [-0.1, -0.05) is 36.9 Å². The third-order valence-electron chi connectivity index (χ3n) is 8.94. The van der Waals surface area contributed by atoms with Gasteiger partial charge in [-0.25, -0.2) is 4.79 Å². The predicted octanol–water partition coefficient (Wildman–Crippen LogP) is 4.71. The van der Waals surface area contributed by atoms with Crippen molar-refractivity contribution >= 4 is 23.5 Å². The molecule has 6 rings (SSSR count). The highest BCUT2D eigenvalue weighted by Gasteiger charge is 2.33. The monoisotopic (exact) mass is 654 g/mol. The van der Waals surface area contributed by atoms with Gasteiger partial charge in [0.2, 0.25) is 5.91 Å². The molecule has 1 N–H and O–H groups in total. The van der Waals surface area contributed by atoms with Crippen LogP contribution in [0, 0.1) is 0 Å². The van der Waals surface area contributed by atoms with Crippen LogP contribution in [0.4, 0.5) is 16.3 Å². The van der Waals surface area contributed by atoms with Crippen LogP contribution < -0.4 is 24.6 Å². The number of aromatic nitrogens is 2. The molecule has 0 saturated carbocycles. The second kappa shape index (κ2) is 14.5. The standard InChI is InChI=1S/C37H46N6O5/c1-5-33(44)41-18-20-42(21-19-41)34-30-14-13-28(43-17-15-27-10-6-7-12-32(27)43)24-31(30)39-35(40-34)47-25-26-9-8-11-29(23-26)46-22-16-38-36(45)48-37(2,3)4/h5-12,23,28H,1,13-22,24-25H2,2-4H3,(H,38,45). The number of rotatable bonds is 10. The number of carbonyl (C=O) groups is 2. The number of alkyl carbamates (subject to hydrolysis) is 1. The average Bonchev–Trinajstić information content (AvgIpc) is 3.52. The predicted molar refractivity (Wildman–Crippen MR) is 185 cm³/mol. The molecule has 2 aromatic carbocycles. The molecule has 0 spiro atoms. The number of ether oxygens (including phenoxy) is 3. The van der Waals surface area contributed by atoms with Gasteiger partial charge in [-0.3, -0.25) is 4.79 Å². The van der Waals surface area contributed by atoms with E-state index in [1.807, 2.05) is 49.9 Å². The summed E-state index contributed by atoms with van der Waals surface area (Å²) in [6.45, 7) is 13.7. The summed E-state index contributed by atoms with van der Waals surface area (Å²) < 4.78 is 17.4. The molecule has 1 aliphatic carbocycles. The smallest absolute Gasteiger partial charge is 0.407 e. The van der Waals surface area contributed by atoms with Crippen molar-refractivity contribution in [3.05, 3.63) is 83.6 Å². The fourth-order valence-electron chi connectivity index (χ4n) is 6.67. The van der Waals surface area contributed by atoms with E-state index in [2.05, 4.69) is 46.0 Å². The van der Waals surface area contributed by atoms with Gasteiger partial charge < -0.3 is 34.2 Å². The first-order chi connectivity index (χ1) is 23.2. The summed E-state index contributed by atoms with van der Waals surface area (Å²) in [7, 11) is 0. The van der Waals surface area contributed by atoms with E-state index in [4.69, 9.17) is 24.2 Å². The summed E-state index contributed by atoms with van der Waals surface area (Å²) in [6, 6.07) is 17.1. The molecule has 1 unspecified atom stereocenters. The minimum atomic E-state index is -0.551. The number of fused-ring (bicyclic) bond motifs is 2. The maximum absolute atomic E-state index is 12.2. The van der Waals surface area contributed by atoms with Crippen molar-refractivity contribution in [3.8, 4) is 11.8 Å². The van der Waals surface area contributed by atoms with E-state index in [0.717, 1.165) is 49.3 Å². The maximum Gasteiger partial charge on any atom is 0.407 e. The van der Waals surface area contributed by atoms with E-state index in [1.54, 1.807) is 0 Å². The molecule has 1 aromatic heterocycles. The number of piperazine rings is 1. The van der Waals surface area contributed by atoms with E-state index < -0.39 is 11.7 Å². The Labute approximate surface area is 282 Å². The first-order valence-electron chi connectivity index (χ1n) is 16.9. The number of carbonyl (C=O) groups excluding carboxylic acids is 2. The van der Waals surface area contributed by atoms with Crippen LogP contribution in [0.1, 0.15) is 49.6 Å². The summed E-state index contributed by atoms with van der Waals surface area (Å²) >= 11 is 0. The van der Waals surface area contributed by atoms with E-state index >= 15 is 0 Å². The normalized spacial score (nSPS) is 17.3. The summed E-state index contributed by atoms with van der Waals surface area (Å²) in [6.07, 6.45) is 4.73. The lowest BCUT2D eigenvalue weighted by atomic mass is 9.90. The van der Waals surface area contributed by atoms with Gasteiger partial charge >= 0.3 is 12.1 Å². The molecule has 1 fully saturated rings. The second-order valence-corrected chi connectivity index (χ2v) is 13.5. The summed E-state index contributed by atoms with van der Waals surface area (Å²) in [5.41, 5.74) is 5.33. The molecule has 2 amide bonds. The molecule has 11 nitrogen and oxygen atoms in total. The molecule has 11 heteroatoms. The highest BCUT2D eigenvalue weighted by molar-refractivity contribution is 5.87. The Morgan fingerprint density at radius 3 is 2.60 bits per heavy atom. The molecule has 3 aromatic rings. The van der Waals surface area contributed by atoms with Crippen LogP contribution in [-0.4, -0.2) is 84.4 Å². The fourth-order valence-corrected chi connectivity index (χ4v) is 6.67. The Morgan fingerprint density at radius 2 is 1.81 bits per heavy atom. The molecule has 3 heterocycles. The van der Waals surface area contributed by atoms with Crippen molar-refractivity contribution in [1.29, 1.82) is 0 Å². The molecule has 1 saturated heterocycles. The van der Waals surface area contributed by atoms with Gasteiger partial charge in [-0.15, -0.1) is 0 Å². The maximum atomic E-state index is 12.2. The van der Waals surface area contributed by atoms with Gasteiger partial charge in [0, 0.05) is 56.4 Å². The lowest BCUT2D eigenvalue weighted by Gasteiger charge is -2.38. The number of nitrogens with one attached hydrogen (secondary N) is 1. The summed E-state index contributed by atoms with van der Waals surface area (Å²) in [4.78, 5) is 40.8. The van der Waals surface area contributed by atoms with Crippen LogP contribution >= 0.6 is 0 Å². The Hall–Kier alpha value is -4.80. The molecule has 48 heavy (non-hydrogen) atoms. The van der Waals surface area contributed by atoms with Crippen LogP contribution in [0.25, 0.3) is 0 Å². The van der Waals surface area contributed by atoms with Crippen LogP contribution in [0.5, 0.6) is 11.8 Å². The molecule has 3 aliphatic rings.